The van der Waals surface area contributed by atoms with Crippen LogP contribution in [0.5, 0.6) is 5.75 Å². The molecular formula is C19H18ClNO4. The Bertz CT molecular complexity index is 806. The Morgan fingerprint density at radius 2 is 2.04 bits per heavy atom. The van der Waals surface area contributed by atoms with Crippen molar-refractivity contribution in [2.75, 3.05) is 6.61 Å². The first kappa shape index (κ1) is 17.3. The molecule has 0 fully saturated rings. The number of esters is 1. The van der Waals surface area contributed by atoms with E-state index in [4.69, 9.17) is 16.3 Å². The third-order valence-electron chi connectivity index (χ3n) is 4.22. The largest absolute Gasteiger partial charge is 0.507 e. The molecule has 2 aromatic carbocycles. The van der Waals surface area contributed by atoms with Crippen molar-refractivity contribution in [2.24, 2.45) is 0 Å². The van der Waals surface area contributed by atoms with Crippen molar-refractivity contribution in [3.63, 3.8) is 0 Å². The number of amides is 1. The van der Waals surface area contributed by atoms with Gasteiger partial charge in [0.25, 0.3) is 5.91 Å². The lowest BCUT2D eigenvalue weighted by Gasteiger charge is -2.26. The van der Waals surface area contributed by atoms with Gasteiger partial charge in [-0.1, -0.05) is 35.9 Å². The van der Waals surface area contributed by atoms with Crippen LogP contribution in [-0.2, 0) is 16.0 Å². The molecule has 1 aliphatic carbocycles. The van der Waals surface area contributed by atoms with Crippen molar-refractivity contribution in [2.45, 2.75) is 25.3 Å². The van der Waals surface area contributed by atoms with E-state index in [-0.39, 0.29) is 23.3 Å². The molecule has 5 nitrogen and oxygen atoms in total. The Labute approximate surface area is 150 Å². The zero-order chi connectivity index (χ0) is 17.8. The quantitative estimate of drug-likeness (QED) is 0.820. The number of rotatable bonds is 4. The molecule has 0 bridgehead atoms. The van der Waals surface area contributed by atoms with Crippen LogP contribution in [0.25, 0.3) is 0 Å². The van der Waals surface area contributed by atoms with Gasteiger partial charge in [-0.05, 0) is 48.6 Å². The lowest BCUT2D eigenvalue weighted by Crippen LogP contribution is -2.34. The minimum atomic E-state index is -0.792. The van der Waals surface area contributed by atoms with Gasteiger partial charge in [-0.3, -0.25) is 4.79 Å². The summed E-state index contributed by atoms with van der Waals surface area (Å²) >= 11 is 5.80. The zero-order valence-electron chi connectivity index (χ0n) is 13.5. The molecule has 2 N–H and O–H groups in total. The Morgan fingerprint density at radius 3 is 2.88 bits per heavy atom. The third-order valence-corrected chi connectivity index (χ3v) is 4.45. The van der Waals surface area contributed by atoms with Crippen LogP contribution in [0.4, 0.5) is 0 Å². The molecule has 0 aromatic heterocycles. The molecule has 0 saturated heterocycles. The minimum absolute atomic E-state index is 0.0664. The summed E-state index contributed by atoms with van der Waals surface area (Å²) in [4.78, 5) is 24.1. The number of halogens is 1. The summed E-state index contributed by atoms with van der Waals surface area (Å²) in [6.07, 6.45) is 2.86. The smallest absolute Gasteiger partial charge is 0.342 e. The fourth-order valence-electron chi connectivity index (χ4n) is 3.02. The van der Waals surface area contributed by atoms with Gasteiger partial charge >= 0.3 is 5.97 Å². The van der Waals surface area contributed by atoms with E-state index in [0.29, 0.717) is 5.02 Å². The Balaban J connectivity index is 1.59. The summed E-state index contributed by atoms with van der Waals surface area (Å²) in [6, 6.07) is 12.0. The van der Waals surface area contributed by atoms with E-state index in [1.807, 2.05) is 18.2 Å². The SMILES string of the molecule is O=C(COC(=O)c1cc(Cl)ccc1O)N[C@H]1CCCc2ccccc21. The fourth-order valence-corrected chi connectivity index (χ4v) is 3.19. The van der Waals surface area contributed by atoms with Crippen molar-refractivity contribution >= 4 is 23.5 Å². The van der Waals surface area contributed by atoms with Crippen molar-refractivity contribution in [1.29, 1.82) is 0 Å². The lowest BCUT2D eigenvalue weighted by atomic mass is 9.88. The topological polar surface area (TPSA) is 75.6 Å². The predicted molar refractivity (Wildman–Crippen MR) is 93.7 cm³/mol. The molecule has 3 rings (SSSR count). The first-order chi connectivity index (χ1) is 12.0. The predicted octanol–water partition coefficient (Wildman–Crippen LogP) is 3.40. The average Bonchev–Trinajstić information content (AvgIpc) is 2.62. The maximum absolute atomic E-state index is 12.1. The second kappa shape index (κ2) is 7.57. The van der Waals surface area contributed by atoms with Gasteiger partial charge in [0.2, 0.25) is 0 Å². The maximum Gasteiger partial charge on any atom is 0.342 e. The van der Waals surface area contributed by atoms with Crippen LogP contribution in [0.15, 0.2) is 42.5 Å². The number of ether oxygens (including phenoxy) is 1. The maximum atomic E-state index is 12.1. The van der Waals surface area contributed by atoms with E-state index in [2.05, 4.69) is 11.4 Å². The van der Waals surface area contributed by atoms with E-state index >= 15 is 0 Å². The Hall–Kier alpha value is -2.53. The van der Waals surface area contributed by atoms with Gasteiger partial charge in [0, 0.05) is 5.02 Å². The molecule has 0 spiro atoms. The number of aromatic hydroxyl groups is 1. The van der Waals surface area contributed by atoms with Gasteiger partial charge in [-0.2, -0.15) is 0 Å². The van der Waals surface area contributed by atoms with E-state index in [0.717, 1.165) is 24.8 Å². The van der Waals surface area contributed by atoms with Crippen molar-refractivity contribution in [1.82, 2.24) is 5.32 Å². The summed E-state index contributed by atoms with van der Waals surface area (Å²) in [7, 11) is 0. The van der Waals surface area contributed by atoms with E-state index in [1.165, 1.54) is 23.8 Å². The second-order valence-corrected chi connectivity index (χ2v) is 6.39. The number of phenolic OH excluding ortho intramolecular Hbond substituents is 1. The molecule has 0 aliphatic heterocycles. The number of hydrogen-bond acceptors (Lipinski definition) is 4. The van der Waals surface area contributed by atoms with Crippen LogP contribution in [-0.4, -0.2) is 23.6 Å². The number of nitrogens with one attached hydrogen (secondary N) is 1. The highest BCUT2D eigenvalue weighted by atomic mass is 35.5. The first-order valence-electron chi connectivity index (χ1n) is 8.07. The lowest BCUT2D eigenvalue weighted by molar-refractivity contribution is -0.125. The molecule has 0 radical (unpaired) electrons. The van der Waals surface area contributed by atoms with Gasteiger partial charge in [0.1, 0.15) is 11.3 Å². The van der Waals surface area contributed by atoms with E-state index in [9.17, 15) is 14.7 Å². The van der Waals surface area contributed by atoms with Crippen LogP contribution in [0.3, 0.4) is 0 Å². The van der Waals surface area contributed by atoms with Crippen molar-refractivity contribution in [3.8, 4) is 5.75 Å². The van der Waals surface area contributed by atoms with E-state index < -0.39 is 12.6 Å². The zero-order valence-corrected chi connectivity index (χ0v) is 14.3. The average molecular weight is 360 g/mol. The van der Waals surface area contributed by atoms with Crippen molar-refractivity contribution in [3.05, 3.63) is 64.2 Å². The molecular weight excluding hydrogens is 342 g/mol. The van der Waals surface area contributed by atoms with Crippen LogP contribution in [0.2, 0.25) is 5.02 Å². The fraction of sp³-hybridized carbons (Fsp3) is 0.263. The third kappa shape index (κ3) is 4.12. The molecule has 1 amide bonds. The van der Waals surface area contributed by atoms with Gasteiger partial charge in [0.05, 0.1) is 6.04 Å². The molecule has 1 atom stereocenters. The summed E-state index contributed by atoms with van der Waals surface area (Å²) in [5, 5.41) is 12.9. The number of fused-ring (bicyclic) bond motifs is 1. The molecule has 25 heavy (non-hydrogen) atoms. The van der Waals surface area contributed by atoms with Crippen LogP contribution in [0.1, 0.15) is 40.4 Å². The Kier molecular flexibility index (Phi) is 5.24. The molecule has 0 saturated carbocycles. The van der Waals surface area contributed by atoms with Gasteiger partial charge in [-0.15, -0.1) is 0 Å². The standard InChI is InChI=1S/C19H18ClNO4/c20-13-8-9-17(22)15(10-13)19(24)25-11-18(23)21-16-7-3-5-12-4-1-2-6-14(12)16/h1-2,4,6,8-10,16,22H,3,5,7,11H2,(H,21,23)/t16-/m0/s1. The van der Waals surface area contributed by atoms with Crippen LogP contribution in [0, 0.1) is 0 Å². The normalized spacial score (nSPS) is 16.0. The number of aryl methyl sites for hydroxylation is 1. The monoisotopic (exact) mass is 359 g/mol. The molecule has 0 heterocycles. The highest BCUT2D eigenvalue weighted by Gasteiger charge is 2.22. The van der Waals surface area contributed by atoms with Crippen LogP contribution < -0.4 is 5.32 Å². The highest BCUT2D eigenvalue weighted by molar-refractivity contribution is 6.31. The molecule has 2 aromatic rings. The summed E-state index contributed by atoms with van der Waals surface area (Å²) in [5.74, 6) is -1.41. The van der Waals surface area contributed by atoms with Crippen molar-refractivity contribution < 1.29 is 19.4 Å². The van der Waals surface area contributed by atoms with E-state index in [1.54, 1.807) is 0 Å². The number of carbonyl (C=O) groups is 2. The molecule has 6 heteroatoms. The summed E-state index contributed by atoms with van der Waals surface area (Å²) < 4.78 is 4.99. The Morgan fingerprint density at radius 1 is 1.24 bits per heavy atom. The summed E-state index contributed by atoms with van der Waals surface area (Å²) in [6.45, 7) is -0.413. The van der Waals surface area contributed by atoms with Crippen LogP contribution >= 0.6 is 11.6 Å². The molecule has 1 aliphatic rings. The van der Waals surface area contributed by atoms with Gasteiger partial charge in [0.15, 0.2) is 6.61 Å². The number of benzene rings is 2. The molecule has 130 valence electrons. The summed E-state index contributed by atoms with van der Waals surface area (Å²) in [5.41, 5.74) is 2.28. The first-order valence-corrected chi connectivity index (χ1v) is 8.45. The number of hydrogen-bond donors (Lipinski definition) is 2. The minimum Gasteiger partial charge on any atom is -0.507 e. The van der Waals surface area contributed by atoms with Gasteiger partial charge < -0.3 is 15.2 Å². The molecule has 0 unspecified atom stereocenters. The highest BCUT2D eigenvalue weighted by Crippen LogP contribution is 2.29. The second-order valence-electron chi connectivity index (χ2n) is 5.95. The number of phenols is 1. The van der Waals surface area contributed by atoms with Gasteiger partial charge in [-0.25, -0.2) is 4.79 Å². The number of carbonyl (C=O) groups excluding carboxylic acids is 2.